The number of carbonyl (C=O) groups is 1. The molecule has 4 heteroatoms. The van der Waals surface area contributed by atoms with Gasteiger partial charge in [0.2, 0.25) is 0 Å². The van der Waals surface area contributed by atoms with Crippen molar-refractivity contribution in [2.24, 2.45) is 0 Å². The Kier molecular flexibility index (Phi) is 3.29. The SMILES string of the molecule is COc1ccccc1C1OC(=O)c2cc(N(C)C)ccc21. The van der Waals surface area contributed by atoms with E-state index >= 15 is 0 Å². The van der Waals surface area contributed by atoms with Crippen LogP contribution in [0.1, 0.15) is 27.6 Å². The average molecular weight is 283 g/mol. The van der Waals surface area contributed by atoms with Crippen molar-refractivity contribution in [1.82, 2.24) is 0 Å². The third-order valence-electron chi connectivity index (χ3n) is 3.70. The fraction of sp³-hybridized carbons (Fsp3) is 0.235. The highest BCUT2D eigenvalue weighted by Crippen LogP contribution is 2.40. The number of anilines is 1. The van der Waals surface area contributed by atoms with E-state index in [1.165, 1.54) is 0 Å². The Morgan fingerprint density at radius 3 is 2.57 bits per heavy atom. The summed E-state index contributed by atoms with van der Waals surface area (Å²) in [5.41, 5.74) is 3.35. The molecule has 1 aliphatic rings. The van der Waals surface area contributed by atoms with E-state index in [1.54, 1.807) is 7.11 Å². The summed E-state index contributed by atoms with van der Waals surface area (Å²) in [6.45, 7) is 0. The largest absolute Gasteiger partial charge is 0.496 e. The summed E-state index contributed by atoms with van der Waals surface area (Å²) in [4.78, 5) is 14.1. The van der Waals surface area contributed by atoms with Gasteiger partial charge in [0.25, 0.3) is 0 Å². The van der Waals surface area contributed by atoms with Gasteiger partial charge in [-0.05, 0) is 18.2 Å². The van der Waals surface area contributed by atoms with E-state index < -0.39 is 6.10 Å². The number of carbonyl (C=O) groups excluding carboxylic acids is 1. The van der Waals surface area contributed by atoms with Gasteiger partial charge in [0.15, 0.2) is 6.10 Å². The molecule has 0 saturated carbocycles. The number of benzene rings is 2. The van der Waals surface area contributed by atoms with Gasteiger partial charge in [0.1, 0.15) is 5.75 Å². The van der Waals surface area contributed by atoms with Crippen LogP contribution in [0.25, 0.3) is 0 Å². The summed E-state index contributed by atoms with van der Waals surface area (Å²) < 4.78 is 10.9. The molecule has 3 rings (SSSR count). The minimum Gasteiger partial charge on any atom is -0.496 e. The van der Waals surface area contributed by atoms with Crippen molar-refractivity contribution < 1.29 is 14.3 Å². The van der Waals surface area contributed by atoms with Gasteiger partial charge in [-0.25, -0.2) is 4.79 Å². The van der Waals surface area contributed by atoms with Crippen LogP contribution >= 0.6 is 0 Å². The molecular formula is C17H17NO3. The monoisotopic (exact) mass is 283 g/mol. The first kappa shape index (κ1) is 13.5. The second kappa shape index (κ2) is 5.13. The maximum Gasteiger partial charge on any atom is 0.339 e. The molecule has 4 nitrogen and oxygen atoms in total. The van der Waals surface area contributed by atoms with Crippen molar-refractivity contribution in [3.05, 3.63) is 59.2 Å². The highest BCUT2D eigenvalue weighted by atomic mass is 16.6. The van der Waals surface area contributed by atoms with Crippen molar-refractivity contribution in [3.63, 3.8) is 0 Å². The van der Waals surface area contributed by atoms with Gasteiger partial charge in [-0.2, -0.15) is 0 Å². The van der Waals surface area contributed by atoms with Gasteiger partial charge >= 0.3 is 5.97 Å². The molecule has 0 saturated heterocycles. The second-order valence-corrected chi connectivity index (χ2v) is 5.19. The third-order valence-corrected chi connectivity index (χ3v) is 3.70. The van der Waals surface area contributed by atoms with E-state index in [2.05, 4.69) is 0 Å². The Labute approximate surface area is 123 Å². The molecule has 0 aliphatic carbocycles. The van der Waals surface area contributed by atoms with E-state index in [0.29, 0.717) is 5.56 Å². The number of rotatable bonds is 3. The molecule has 0 aromatic heterocycles. The van der Waals surface area contributed by atoms with Crippen molar-refractivity contribution >= 4 is 11.7 Å². The zero-order valence-corrected chi connectivity index (χ0v) is 12.3. The molecule has 1 aliphatic heterocycles. The van der Waals surface area contributed by atoms with Crippen LogP contribution in [0.4, 0.5) is 5.69 Å². The summed E-state index contributed by atoms with van der Waals surface area (Å²) in [7, 11) is 5.51. The number of nitrogens with zero attached hydrogens (tertiary/aromatic N) is 1. The maximum absolute atomic E-state index is 12.1. The highest BCUT2D eigenvalue weighted by molar-refractivity contribution is 5.95. The van der Waals surface area contributed by atoms with Gasteiger partial charge in [-0.1, -0.05) is 24.3 Å². The highest BCUT2D eigenvalue weighted by Gasteiger charge is 2.34. The zero-order valence-electron chi connectivity index (χ0n) is 12.3. The average Bonchev–Trinajstić information content (AvgIpc) is 2.83. The topological polar surface area (TPSA) is 38.8 Å². The minimum absolute atomic E-state index is 0.287. The van der Waals surface area contributed by atoms with E-state index in [4.69, 9.17) is 9.47 Å². The van der Waals surface area contributed by atoms with Crippen LogP contribution in [-0.2, 0) is 4.74 Å². The van der Waals surface area contributed by atoms with Crippen LogP contribution in [0.3, 0.4) is 0 Å². The predicted octanol–water partition coefficient (Wildman–Crippen LogP) is 3.02. The molecule has 108 valence electrons. The molecule has 0 spiro atoms. The standard InChI is InChI=1S/C17H17NO3/c1-18(2)11-8-9-12-14(10-11)17(19)21-16(12)13-6-4-5-7-15(13)20-3/h4-10,16H,1-3H3. The van der Waals surface area contributed by atoms with Crippen molar-refractivity contribution in [2.75, 3.05) is 26.1 Å². The summed E-state index contributed by atoms with van der Waals surface area (Å²) in [6.07, 6.45) is -0.403. The lowest BCUT2D eigenvalue weighted by Crippen LogP contribution is -2.09. The molecule has 2 aromatic rings. The van der Waals surface area contributed by atoms with Crippen LogP contribution < -0.4 is 9.64 Å². The lowest BCUT2D eigenvalue weighted by molar-refractivity contribution is 0.0452. The van der Waals surface area contributed by atoms with Crippen LogP contribution in [-0.4, -0.2) is 27.2 Å². The number of esters is 1. The molecule has 0 bridgehead atoms. The molecule has 0 amide bonds. The van der Waals surface area contributed by atoms with Crippen molar-refractivity contribution in [1.29, 1.82) is 0 Å². The Bertz CT molecular complexity index is 694. The zero-order chi connectivity index (χ0) is 15.0. The minimum atomic E-state index is -0.403. The second-order valence-electron chi connectivity index (χ2n) is 5.19. The number of fused-ring (bicyclic) bond motifs is 1. The molecule has 2 aromatic carbocycles. The fourth-order valence-electron chi connectivity index (χ4n) is 2.58. The van der Waals surface area contributed by atoms with E-state index in [9.17, 15) is 4.79 Å². The van der Waals surface area contributed by atoms with Gasteiger partial charge < -0.3 is 14.4 Å². The van der Waals surface area contributed by atoms with Crippen LogP contribution in [0.15, 0.2) is 42.5 Å². The summed E-state index contributed by atoms with van der Waals surface area (Å²) >= 11 is 0. The Morgan fingerprint density at radius 2 is 1.86 bits per heavy atom. The van der Waals surface area contributed by atoms with Gasteiger partial charge in [0, 0.05) is 30.9 Å². The number of hydrogen-bond acceptors (Lipinski definition) is 4. The summed E-state index contributed by atoms with van der Waals surface area (Å²) in [5.74, 6) is 0.435. The Hall–Kier alpha value is -2.49. The number of para-hydroxylation sites is 1. The number of cyclic esters (lactones) is 1. The van der Waals surface area contributed by atoms with Crippen LogP contribution in [0.5, 0.6) is 5.75 Å². The normalized spacial score (nSPS) is 16.3. The van der Waals surface area contributed by atoms with E-state index in [0.717, 1.165) is 22.6 Å². The lowest BCUT2D eigenvalue weighted by Gasteiger charge is -2.16. The van der Waals surface area contributed by atoms with Crippen LogP contribution in [0.2, 0.25) is 0 Å². The van der Waals surface area contributed by atoms with Gasteiger partial charge in [0.05, 0.1) is 12.7 Å². The molecule has 0 fully saturated rings. The number of ether oxygens (including phenoxy) is 2. The molecule has 1 atom stereocenters. The fourth-order valence-corrected chi connectivity index (χ4v) is 2.58. The van der Waals surface area contributed by atoms with E-state index in [1.807, 2.05) is 61.5 Å². The lowest BCUT2D eigenvalue weighted by atomic mass is 9.98. The Morgan fingerprint density at radius 1 is 1.10 bits per heavy atom. The van der Waals surface area contributed by atoms with Crippen molar-refractivity contribution in [3.8, 4) is 5.75 Å². The first-order valence-electron chi connectivity index (χ1n) is 6.77. The summed E-state index contributed by atoms with van der Waals surface area (Å²) in [6, 6.07) is 13.4. The summed E-state index contributed by atoms with van der Waals surface area (Å²) in [5, 5.41) is 0. The number of methoxy groups -OCH3 is 1. The maximum atomic E-state index is 12.1. The van der Waals surface area contributed by atoms with Crippen molar-refractivity contribution in [2.45, 2.75) is 6.10 Å². The molecule has 21 heavy (non-hydrogen) atoms. The van der Waals surface area contributed by atoms with Crippen LogP contribution in [0, 0.1) is 0 Å². The molecule has 0 N–H and O–H groups in total. The Balaban J connectivity index is 2.08. The van der Waals surface area contributed by atoms with Gasteiger partial charge in [-0.3, -0.25) is 0 Å². The quantitative estimate of drug-likeness (QED) is 0.812. The predicted molar refractivity (Wildman–Crippen MR) is 81.0 cm³/mol. The molecule has 0 radical (unpaired) electrons. The molecular weight excluding hydrogens is 266 g/mol. The molecule has 1 heterocycles. The smallest absolute Gasteiger partial charge is 0.339 e. The number of hydrogen-bond donors (Lipinski definition) is 0. The molecule has 1 unspecified atom stereocenters. The first-order valence-corrected chi connectivity index (χ1v) is 6.77. The first-order chi connectivity index (χ1) is 10.1. The van der Waals surface area contributed by atoms with Gasteiger partial charge in [-0.15, -0.1) is 0 Å². The van der Waals surface area contributed by atoms with E-state index in [-0.39, 0.29) is 5.97 Å². The third kappa shape index (κ3) is 2.23.